The molecule has 0 fully saturated rings. The van der Waals surface area contributed by atoms with Gasteiger partial charge in [-0.3, -0.25) is 4.79 Å². The molecule has 0 aromatic heterocycles. The number of hydrogen-bond donors (Lipinski definition) is 2. The van der Waals surface area contributed by atoms with Crippen LogP contribution < -0.4 is 5.32 Å². The van der Waals surface area contributed by atoms with Gasteiger partial charge >= 0.3 is 12.0 Å². The molecule has 5 nitrogen and oxygen atoms in total. The zero-order chi connectivity index (χ0) is 16.6. The van der Waals surface area contributed by atoms with Crippen LogP contribution in [0.25, 0.3) is 0 Å². The lowest BCUT2D eigenvalue weighted by atomic mass is 10.0. The summed E-state index contributed by atoms with van der Waals surface area (Å²) in [5.41, 5.74) is -0.268. The monoisotopic (exact) mass is 298 g/mol. The maximum atomic E-state index is 12.3. The van der Waals surface area contributed by atoms with Crippen LogP contribution in [0.15, 0.2) is 12.7 Å². The van der Waals surface area contributed by atoms with E-state index in [4.69, 9.17) is 5.11 Å². The molecule has 0 aliphatic rings. The Hall–Kier alpha value is -1.52. The van der Waals surface area contributed by atoms with E-state index in [-0.39, 0.29) is 23.5 Å². The molecule has 0 saturated carbocycles. The maximum absolute atomic E-state index is 12.3. The minimum absolute atomic E-state index is 0.0214. The predicted molar refractivity (Wildman–Crippen MR) is 85.3 cm³/mol. The van der Waals surface area contributed by atoms with E-state index in [0.717, 1.165) is 12.8 Å². The van der Waals surface area contributed by atoms with E-state index in [0.29, 0.717) is 13.0 Å². The van der Waals surface area contributed by atoms with Crippen LogP contribution in [-0.2, 0) is 4.79 Å². The second-order valence-electron chi connectivity index (χ2n) is 6.59. The molecular formula is C16H30N2O3. The first-order valence-corrected chi connectivity index (χ1v) is 7.51. The van der Waals surface area contributed by atoms with Crippen molar-refractivity contribution in [1.29, 1.82) is 0 Å². The lowest BCUT2D eigenvalue weighted by molar-refractivity contribution is -0.141. The van der Waals surface area contributed by atoms with Crippen molar-refractivity contribution in [2.24, 2.45) is 5.92 Å². The number of carbonyl (C=O) groups excluding carboxylic acids is 1. The standard InChI is InChI=1S/C16H30N2O3/c1-7-11-18(16(4,5)6)15(21)17-13(3)10-8-9-12(2)14(19)20/h7,12-13H,1,8-11H2,2-6H3,(H,17,21)(H,19,20). The number of rotatable bonds is 8. The molecule has 2 amide bonds. The Labute approximate surface area is 128 Å². The Bertz CT molecular complexity index is 361. The van der Waals surface area contributed by atoms with E-state index in [1.54, 1.807) is 17.9 Å². The van der Waals surface area contributed by atoms with E-state index in [9.17, 15) is 9.59 Å². The molecule has 0 aromatic rings. The lowest BCUT2D eigenvalue weighted by Crippen LogP contribution is -2.52. The molecule has 0 saturated heterocycles. The largest absolute Gasteiger partial charge is 0.481 e. The molecule has 0 rings (SSSR count). The van der Waals surface area contributed by atoms with Crippen LogP contribution in [0.1, 0.15) is 53.9 Å². The minimum Gasteiger partial charge on any atom is -0.481 e. The highest BCUT2D eigenvalue weighted by Crippen LogP contribution is 2.14. The quantitative estimate of drug-likeness (QED) is 0.676. The third kappa shape index (κ3) is 7.73. The molecule has 5 heteroatoms. The predicted octanol–water partition coefficient (Wildman–Crippen LogP) is 3.26. The highest BCUT2D eigenvalue weighted by molar-refractivity contribution is 5.75. The van der Waals surface area contributed by atoms with Gasteiger partial charge in [0.05, 0.1) is 5.92 Å². The van der Waals surface area contributed by atoms with Gasteiger partial charge in [-0.1, -0.05) is 19.4 Å². The van der Waals surface area contributed by atoms with Crippen molar-refractivity contribution >= 4 is 12.0 Å². The zero-order valence-corrected chi connectivity index (χ0v) is 14.0. The Morgan fingerprint density at radius 2 is 1.86 bits per heavy atom. The maximum Gasteiger partial charge on any atom is 0.318 e. The van der Waals surface area contributed by atoms with Crippen molar-refractivity contribution in [3.63, 3.8) is 0 Å². The van der Waals surface area contributed by atoms with Crippen molar-refractivity contribution in [1.82, 2.24) is 10.2 Å². The van der Waals surface area contributed by atoms with Gasteiger partial charge in [0.2, 0.25) is 0 Å². The van der Waals surface area contributed by atoms with Crippen molar-refractivity contribution in [2.45, 2.75) is 65.5 Å². The van der Waals surface area contributed by atoms with Gasteiger partial charge in [-0.05, 0) is 40.5 Å². The van der Waals surface area contributed by atoms with Crippen LogP contribution in [0.3, 0.4) is 0 Å². The van der Waals surface area contributed by atoms with Crippen LogP contribution in [0.5, 0.6) is 0 Å². The molecule has 0 aliphatic carbocycles. The van der Waals surface area contributed by atoms with Gasteiger partial charge in [0.25, 0.3) is 0 Å². The first-order chi connectivity index (χ1) is 9.59. The highest BCUT2D eigenvalue weighted by atomic mass is 16.4. The van der Waals surface area contributed by atoms with Crippen LogP contribution in [0.2, 0.25) is 0 Å². The normalized spacial score (nSPS) is 14.1. The van der Waals surface area contributed by atoms with Crippen molar-refractivity contribution in [2.75, 3.05) is 6.54 Å². The summed E-state index contributed by atoms with van der Waals surface area (Å²) in [5.74, 6) is -1.10. The number of nitrogens with zero attached hydrogens (tertiary/aromatic N) is 1. The van der Waals surface area contributed by atoms with Gasteiger partial charge in [-0.25, -0.2) is 4.79 Å². The van der Waals surface area contributed by atoms with E-state index >= 15 is 0 Å². The summed E-state index contributed by atoms with van der Waals surface area (Å²) in [7, 11) is 0. The number of carbonyl (C=O) groups is 2. The fourth-order valence-electron chi connectivity index (χ4n) is 2.01. The van der Waals surface area contributed by atoms with Crippen LogP contribution in [0.4, 0.5) is 4.79 Å². The topological polar surface area (TPSA) is 69.6 Å². The second-order valence-corrected chi connectivity index (χ2v) is 6.59. The van der Waals surface area contributed by atoms with Gasteiger partial charge < -0.3 is 15.3 Å². The highest BCUT2D eigenvalue weighted by Gasteiger charge is 2.26. The number of amides is 2. The molecule has 0 aromatic carbocycles. The third-order valence-electron chi connectivity index (χ3n) is 3.43. The molecule has 0 spiro atoms. The smallest absolute Gasteiger partial charge is 0.318 e. The zero-order valence-electron chi connectivity index (χ0n) is 14.0. The number of nitrogens with one attached hydrogen (secondary N) is 1. The number of carboxylic acid groups (broad SMARTS) is 1. The van der Waals surface area contributed by atoms with Crippen molar-refractivity contribution in [3.8, 4) is 0 Å². The Kier molecular flexibility index (Phi) is 8.07. The minimum atomic E-state index is -0.767. The Balaban J connectivity index is 4.29. The summed E-state index contributed by atoms with van der Waals surface area (Å²) in [4.78, 5) is 24.7. The molecular weight excluding hydrogens is 268 g/mol. The number of aliphatic carboxylic acids is 1. The molecule has 0 radical (unpaired) electrons. The lowest BCUT2D eigenvalue weighted by Gasteiger charge is -2.35. The second kappa shape index (κ2) is 8.70. The summed E-state index contributed by atoms with van der Waals surface area (Å²) < 4.78 is 0. The molecule has 0 heterocycles. The molecule has 2 unspecified atom stereocenters. The fourth-order valence-corrected chi connectivity index (χ4v) is 2.01. The van der Waals surface area contributed by atoms with Crippen molar-refractivity contribution in [3.05, 3.63) is 12.7 Å². The van der Waals surface area contributed by atoms with Crippen LogP contribution in [0, 0.1) is 5.92 Å². The molecule has 0 bridgehead atoms. The molecule has 2 atom stereocenters. The molecule has 2 N–H and O–H groups in total. The van der Waals surface area contributed by atoms with Gasteiger partial charge in [-0.15, -0.1) is 6.58 Å². The number of urea groups is 1. The van der Waals surface area contributed by atoms with E-state index < -0.39 is 5.97 Å². The SMILES string of the molecule is C=CCN(C(=O)NC(C)CCCC(C)C(=O)O)C(C)(C)C. The first-order valence-electron chi connectivity index (χ1n) is 7.51. The molecule has 21 heavy (non-hydrogen) atoms. The summed E-state index contributed by atoms with van der Waals surface area (Å²) in [6.45, 7) is 13.8. The van der Waals surface area contributed by atoms with Crippen molar-refractivity contribution < 1.29 is 14.7 Å². The Morgan fingerprint density at radius 3 is 2.29 bits per heavy atom. The van der Waals surface area contributed by atoms with Crippen LogP contribution >= 0.6 is 0 Å². The number of hydrogen-bond acceptors (Lipinski definition) is 2. The first kappa shape index (κ1) is 19.5. The van der Waals surface area contributed by atoms with E-state index in [1.165, 1.54) is 0 Å². The van der Waals surface area contributed by atoms with Gasteiger partial charge in [0.15, 0.2) is 0 Å². The molecule has 122 valence electrons. The Morgan fingerprint density at radius 1 is 1.29 bits per heavy atom. The average molecular weight is 298 g/mol. The molecule has 0 aliphatic heterocycles. The summed E-state index contributed by atoms with van der Waals surface area (Å²) in [6, 6.07) is -0.0886. The average Bonchev–Trinajstić information content (AvgIpc) is 2.33. The summed E-state index contributed by atoms with van der Waals surface area (Å²) in [6.07, 6.45) is 3.90. The van der Waals surface area contributed by atoms with Gasteiger partial charge in [0.1, 0.15) is 0 Å². The van der Waals surface area contributed by atoms with Crippen LogP contribution in [-0.4, -0.2) is 40.1 Å². The summed E-state index contributed by atoms with van der Waals surface area (Å²) >= 11 is 0. The van der Waals surface area contributed by atoms with Gasteiger partial charge in [0, 0.05) is 18.1 Å². The van der Waals surface area contributed by atoms with E-state index in [1.807, 2.05) is 27.7 Å². The number of carboxylic acids is 1. The third-order valence-corrected chi connectivity index (χ3v) is 3.43. The fraction of sp³-hybridized carbons (Fsp3) is 0.750. The summed E-state index contributed by atoms with van der Waals surface area (Å²) in [5, 5.41) is 11.8. The van der Waals surface area contributed by atoms with E-state index in [2.05, 4.69) is 11.9 Å². The van der Waals surface area contributed by atoms with Gasteiger partial charge in [-0.2, -0.15) is 0 Å².